The molecule has 1 amide bonds. The van der Waals surface area contributed by atoms with E-state index < -0.39 is 0 Å². The minimum absolute atomic E-state index is 0.000287. The number of carbonyl (C=O) groups excluding carboxylic acids is 1. The molecule has 4 heteroatoms. The summed E-state index contributed by atoms with van der Waals surface area (Å²) in [6, 6.07) is 7.89. The first kappa shape index (κ1) is 14.5. The lowest BCUT2D eigenvalue weighted by Gasteiger charge is -2.11. The SMILES string of the molecule is CNCC(C)C(=O)NCCc1cccc(OC)c1. The van der Waals surface area contributed by atoms with E-state index in [9.17, 15) is 4.79 Å². The Kier molecular flexibility index (Phi) is 6.22. The number of carbonyl (C=O) groups is 1. The van der Waals surface area contributed by atoms with Gasteiger partial charge in [-0.05, 0) is 31.2 Å². The molecule has 2 N–H and O–H groups in total. The summed E-state index contributed by atoms with van der Waals surface area (Å²) in [5.41, 5.74) is 1.16. The molecule has 0 radical (unpaired) electrons. The molecule has 0 aromatic heterocycles. The Hall–Kier alpha value is -1.55. The van der Waals surface area contributed by atoms with Crippen molar-refractivity contribution in [1.29, 1.82) is 0 Å². The molecular formula is C14H22N2O2. The molecule has 0 bridgehead atoms. The second-order valence-corrected chi connectivity index (χ2v) is 4.35. The maximum Gasteiger partial charge on any atom is 0.224 e. The van der Waals surface area contributed by atoms with Crippen molar-refractivity contribution in [3.63, 3.8) is 0 Å². The summed E-state index contributed by atoms with van der Waals surface area (Å²) in [6.45, 7) is 3.27. The van der Waals surface area contributed by atoms with Gasteiger partial charge in [0.25, 0.3) is 0 Å². The van der Waals surface area contributed by atoms with Crippen LogP contribution in [-0.2, 0) is 11.2 Å². The highest BCUT2D eigenvalue weighted by atomic mass is 16.5. The number of amides is 1. The maximum absolute atomic E-state index is 11.7. The molecule has 0 aliphatic heterocycles. The van der Waals surface area contributed by atoms with Crippen molar-refractivity contribution in [2.45, 2.75) is 13.3 Å². The van der Waals surface area contributed by atoms with Crippen molar-refractivity contribution in [2.24, 2.45) is 5.92 Å². The number of hydrogen-bond donors (Lipinski definition) is 2. The first-order valence-electron chi connectivity index (χ1n) is 6.22. The number of methoxy groups -OCH3 is 1. The van der Waals surface area contributed by atoms with Gasteiger partial charge >= 0.3 is 0 Å². The van der Waals surface area contributed by atoms with Crippen LogP contribution in [0, 0.1) is 5.92 Å². The molecule has 1 unspecified atom stereocenters. The van der Waals surface area contributed by atoms with Crippen LogP contribution in [0.1, 0.15) is 12.5 Å². The Labute approximate surface area is 109 Å². The van der Waals surface area contributed by atoms with Crippen LogP contribution in [0.4, 0.5) is 0 Å². The lowest BCUT2D eigenvalue weighted by Crippen LogP contribution is -2.35. The van der Waals surface area contributed by atoms with Crippen LogP contribution < -0.4 is 15.4 Å². The Balaban J connectivity index is 2.34. The summed E-state index contributed by atoms with van der Waals surface area (Å²) in [4.78, 5) is 11.7. The summed E-state index contributed by atoms with van der Waals surface area (Å²) in [5, 5.41) is 5.93. The molecular weight excluding hydrogens is 228 g/mol. The van der Waals surface area contributed by atoms with E-state index in [-0.39, 0.29) is 11.8 Å². The molecule has 0 heterocycles. The Morgan fingerprint density at radius 3 is 2.89 bits per heavy atom. The van der Waals surface area contributed by atoms with Gasteiger partial charge in [0.2, 0.25) is 5.91 Å². The van der Waals surface area contributed by atoms with Gasteiger partial charge in [-0.1, -0.05) is 19.1 Å². The zero-order chi connectivity index (χ0) is 13.4. The van der Waals surface area contributed by atoms with Crippen molar-refractivity contribution < 1.29 is 9.53 Å². The average molecular weight is 250 g/mol. The number of benzene rings is 1. The van der Waals surface area contributed by atoms with Crippen molar-refractivity contribution in [3.8, 4) is 5.75 Å². The molecule has 100 valence electrons. The highest BCUT2D eigenvalue weighted by molar-refractivity contribution is 5.78. The van der Waals surface area contributed by atoms with Gasteiger partial charge in [-0.25, -0.2) is 0 Å². The predicted molar refractivity (Wildman–Crippen MR) is 72.8 cm³/mol. The fourth-order valence-electron chi connectivity index (χ4n) is 1.73. The zero-order valence-corrected chi connectivity index (χ0v) is 11.3. The molecule has 1 rings (SSSR count). The zero-order valence-electron chi connectivity index (χ0n) is 11.3. The smallest absolute Gasteiger partial charge is 0.224 e. The lowest BCUT2D eigenvalue weighted by molar-refractivity contribution is -0.124. The normalized spacial score (nSPS) is 11.9. The van der Waals surface area contributed by atoms with E-state index >= 15 is 0 Å². The molecule has 1 atom stereocenters. The molecule has 4 nitrogen and oxygen atoms in total. The van der Waals surface area contributed by atoms with Gasteiger partial charge < -0.3 is 15.4 Å². The van der Waals surface area contributed by atoms with Crippen LogP contribution in [0.2, 0.25) is 0 Å². The van der Waals surface area contributed by atoms with Crippen LogP contribution in [0.25, 0.3) is 0 Å². The van der Waals surface area contributed by atoms with Gasteiger partial charge in [0.15, 0.2) is 0 Å². The van der Waals surface area contributed by atoms with Gasteiger partial charge in [0.1, 0.15) is 5.75 Å². The molecule has 1 aromatic rings. The fourth-order valence-corrected chi connectivity index (χ4v) is 1.73. The number of ether oxygens (including phenoxy) is 1. The first-order chi connectivity index (χ1) is 8.67. The van der Waals surface area contributed by atoms with E-state index in [1.165, 1.54) is 0 Å². The summed E-state index contributed by atoms with van der Waals surface area (Å²) >= 11 is 0. The molecule has 0 aliphatic rings. The summed E-state index contributed by atoms with van der Waals surface area (Å²) in [6.07, 6.45) is 0.815. The summed E-state index contributed by atoms with van der Waals surface area (Å²) in [7, 11) is 3.50. The number of hydrogen-bond acceptors (Lipinski definition) is 3. The minimum atomic E-state index is 0.000287. The quantitative estimate of drug-likeness (QED) is 0.765. The average Bonchev–Trinajstić information content (AvgIpc) is 2.39. The summed E-state index contributed by atoms with van der Waals surface area (Å²) < 4.78 is 5.16. The third kappa shape index (κ3) is 4.75. The van der Waals surface area contributed by atoms with Gasteiger partial charge in [-0.3, -0.25) is 4.79 Å². The minimum Gasteiger partial charge on any atom is -0.497 e. The number of nitrogens with one attached hydrogen (secondary N) is 2. The highest BCUT2D eigenvalue weighted by Crippen LogP contribution is 2.12. The van der Waals surface area contributed by atoms with E-state index in [0.29, 0.717) is 13.1 Å². The maximum atomic E-state index is 11.7. The molecule has 0 spiro atoms. The van der Waals surface area contributed by atoms with Crippen LogP contribution >= 0.6 is 0 Å². The monoisotopic (exact) mass is 250 g/mol. The van der Waals surface area contributed by atoms with Crippen molar-refractivity contribution in [3.05, 3.63) is 29.8 Å². The number of rotatable bonds is 7. The second-order valence-electron chi connectivity index (χ2n) is 4.35. The van der Waals surface area contributed by atoms with Crippen LogP contribution in [0.5, 0.6) is 5.75 Å². The van der Waals surface area contributed by atoms with Crippen LogP contribution in [-0.4, -0.2) is 33.2 Å². The van der Waals surface area contributed by atoms with Crippen molar-refractivity contribution >= 4 is 5.91 Å². The Morgan fingerprint density at radius 2 is 2.22 bits per heavy atom. The third-order valence-corrected chi connectivity index (χ3v) is 2.80. The van der Waals surface area contributed by atoms with Gasteiger partial charge in [0, 0.05) is 19.0 Å². The van der Waals surface area contributed by atoms with Gasteiger partial charge in [-0.2, -0.15) is 0 Å². The van der Waals surface area contributed by atoms with E-state index in [1.807, 2.05) is 38.2 Å². The Bertz CT molecular complexity index is 380. The van der Waals surface area contributed by atoms with Crippen molar-refractivity contribution in [2.75, 3.05) is 27.2 Å². The van der Waals surface area contributed by atoms with E-state index in [0.717, 1.165) is 17.7 Å². The van der Waals surface area contributed by atoms with E-state index in [1.54, 1.807) is 7.11 Å². The molecule has 1 aromatic carbocycles. The molecule has 0 aliphatic carbocycles. The second kappa shape index (κ2) is 7.71. The Morgan fingerprint density at radius 1 is 1.44 bits per heavy atom. The largest absolute Gasteiger partial charge is 0.497 e. The lowest BCUT2D eigenvalue weighted by atomic mass is 10.1. The van der Waals surface area contributed by atoms with E-state index in [4.69, 9.17) is 4.74 Å². The molecule has 0 saturated carbocycles. The fraction of sp³-hybridized carbons (Fsp3) is 0.500. The van der Waals surface area contributed by atoms with Gasteiger partial charge in [-0.15, -0.1) is 0 Å². The summed E-state index contributed by atoms with van der Waals surface area (Å²) in [5.74, 6) is 0.940. The van der Waals surface area contributed by atoms with Gasteiger partial charge in [0.05, 0.1) is 7.11 Å². The molecule has 18 heavy (non-hydrogen) atoms. The molecule has 0 saturated heterocycles. The van der Waals surface area contributed by atoms with E-state index in [2.05, 4.69) is 10.6 Å². The standard InChI is InChI=1S/C14H22N2O2/c1-11(10-15-2)14(17)16-8-7-12-5-4-6-13(9-12)18-3/h4-6,9,11,15H,7-8,10H2,1-3H3,(H,16,17). The topological polar surface area (TPSA) is 50.4 Å². The predicted octanol–water partition coefficient (Wildman–Crippen LogP) is 1.21. The first-order valence-corrected chi connectivity index (χ1v) is 6.22. The third-order valence-electron chi connectivity index (χ3n) is 2.80. The van der Waals surface area contributed by atoms with Crippen LogP contribution in [0.3, 0.4) is 0 Å². The van der Waals surface area contributed by atoms with Crippen LogP contribution in [0.15, 0.2) is 24.3 Å². The highest BCUT2D eigenvalue weighted by Gasteiger charge is 2.10. The molecule has 0 fully saturated rings. The van der Waals surface area contributed by atoms with Crippen molar-refractivity contribution in [1.82, 2.24) is 10.6 Å².